The zero-order valence-electron chi connectivity index (χ0n) is 14.0. The maximum Gasteiger partial charge on any atom is 0.275 e. The van der Waals surface area contributed by atoms with Crippen LogP contribution in [0.1, 0.15) is 21.6 Å². The molecule has 0 saturated carbocycles. The number of hydrogen-bond acceptors (Lipinski definition) is 4. The van der Waals surface area contributed by atoms with Crippen molar-refractivity contribution in [1.29, 1.82) is 0 Å². The van der Waals surface area contributed by atoms with E-state index in [1.807, 2.05) is 6.07 Å². The quantitative estimate of drug-likeness (QED) is 0.788. The predicted octanol–water partition coefficient (Wildman–Crippen LogP) is 3.43. The third-order valence-electron chi connectivity index (χ3n) is 4.43. The monoisotopic (exact) mass is 348 g/mol. The highest BCUT2D eigenvalue weighted by atomic mass is 19.1. The van der Waals surface area contributed by atoms with Crippen LogP contribution in [0.2, 0.25) is 0 Å². The van der Waals surface area contributed by atoms with E-state index in [2.05, 4.69) is 38.4 Å². The highest BCUT2D eigenvalue weighted by Crippen LogP contribution is 2.22. The highest BCUT2D eigenvalue weighted by Gasteiger charge is 2.18. The number of carbonyl (C=O) groups is 1. The smallest absolute Gasteiger partial charge is 0.275 e. The van der Waals surface area contributed by atoms with E-state index in [0.717, 1.165) is 25.3 Å². The number of aromatic nitrogens is 2. The molecule has 0 unspecified atom stereocenters. The molecule has 1 N–H and O–H groups in total. The van der Waals surface area contributed by atoms with E-state index in [-0.39, 0.29) is 17.4 Å². The van der Waals surface area contributed by atoms with E-state index in [1.54, 1.807) is 6.20 Å². The summed E-state index contributed by atoms with van der Waals surface area (Å²) >= 11 is 0. The fourth-order valence-corrected chi connectivity index (χ4v) is 3.02. The summed E-state index contributed by atoms with van der Waals surface area (Å²) in [6, 6.07) is 14.0. The van der Waals surface area contributed by atoms with Crippen molar-refractivity contribution in [2.45, 2.75) is 13.0 Å². The maximum absolute atomic E-state index is 12.9. The molecule has 0 saturated heterocycles. The van der Waals surface area contributed by atoms with Gasteiger partial charge in [-0.1, -0.05) is 24.3 Å². The molecule has 3 aromatic rings. The summed E-state index contributed by atoms with van der Waals surface area (Å²) in [6.07, 6.45) is 4.05. The molecule has 1 amide bonds. The van der Waals surface area contributed by atoms with Crippen molar-refractivity contribution in [1.82, 2.24) is 9.97 Å². The Morgan fingerprint density at radius 2 is 1.77 bits per heavy atom. The Kier molecular flexibility index (Phi) is 4.31. The largest absolute Gasteiger partial charge is 0.351 e. The number of nitrogens with zero attached hydrogens (tertiary/aromatic N) is 3. The number of anilines is 2. The van der Waals surface area contributed by atoms with Gasteiger partial charge in [0.25, 0.3) is 5.91 Å². The van der Waals surface area contributed by atoms with E-state index >= 15 is 0 Å². The Labute approximate surface area is 150 Å². The lowest BCUT2D eigenvalue weighted by Crippen LogP contribution is -2.31. The second kappa shape index (κ2) is 6.92. The number of benzene rings is 2. The molecular weight excluding hydrogens is 331 g/mol. The molecular formula is C20H17FN4O. The molecule has 0 aliphatic carbocycles. The number of nitrogens with one attached hydrogen (secondary N) is 1. The normalized spacial score (nSPS) is 13.2. The van der Waals surface area contributed by atoms with Crippen molar-refractivity contribution in [2.24, 2.45) is 0 Å². The van der Waals surface area contributed by atoms with Crippen LogP contribution in [-0.4, -0.2) is 22.4 Å². The molecule has 1 aliphatic rings. The SMILES string of the molecule is O=C(Nc1ccc(F)cc1)c1cnc(N2CCc3ccccc3C2)cn1. The number of carbonyl (C=O) groups excluding carboxylic acids is 1. The van der Waals surface area contributed by atoms with Crippen LogP contribution in [0.3, 0.4) is 0 Å². The minimum absolute atomic E-state index is 0.218. The zero-order valence-corrected chi connectivity index (χ0v) is 14.0. The number of halogens is 1. The molecule has 130 valence electrons. The first kappa shape index (κ1) is 16.2. The first-order valence-electron chi connectivity index (χ1n) is 8.40. The lowest BCUT2D eigenvalue weighted by molar-refractivity contribution is 0.102. The van der Waals surface area contributed by atoms with Crippen LogP contribution in [0.15, 0.2) is 60.9 Å². The summed E-state index contributed by atoms with van der Waals surface area (Å²) in [7, 11) is 0. The van der Waals surface area contributed by atoms with Crippen molar-refractivity contribution < 1.29 is 9.18 Å². The molecule has 6 heteroatoms. The predicted molar refractivity (Wildman–Crippen MR) is 97.6 cm³/mol. The number of rotatable bonds is 3. The highest BCUT2D eigenvalue weighted by molar-refractivity contribution is 6.02. The van der Waals surface area contributed by atoms with Gasteiger partial charge in [0.2, 0.25) is 0 Å². The van der Waals surface area contributed by atoms with E-state index in [4.69, 9.17) is 0 Å². The molecule has 2 aromatic carbocycles. The molecule has 1 aliphatic heterocycles. The van der Waals surface area contributed by atoms with Gasteiger partial charge in [-0.3, -0.25) is 4.79 Å². The Morgan fingerprint density at radius 3 is 2.50 bits per heavy atom. The summed E-state index contributed by atoms with van der Waals surface area (Å²) in [5.41, 5.74) is 3.39. The molecule has 26 heavy (non-hydrogen) atoms. The van der Waals surface area contributed by atoms with Gasteiger partial charge in [0.15, 0.2) is 0 Å². The van der Waals surface area contributed by atoms with Crippen LogP contribution < -0.4 is 10.2 Å². The van der Waals surface area contributed by atoms with Gasteiger partial charge in [-0.2, -0.15) is 0 Å². The molecule has 4 rings (SSSR count). The molecule has 2 heterocycles. The lowest BCUT2D eigenvalue weighted by atomic mass is 10.0. The van der Waals surface area contributed by atoms with Crippen LogP contribution in [0.4, 0.5) is 15.9 Å². The van der Waals surface area contributed by atoms with Gasteiger partial charge in [-0.05, 0) is 41.8 Å². The standard InChI is InChI=1S/C20H17FN4O/c21-16-5-7-17(8-6-16)24-20(26)18-11-23-19(12-22-18)25-10-9-14-3-1-2-4-15(14)13-25/h1-8,11-12H,9-10,13H2,(H,24,26). The van der Waals surface area contributed by atoms with E-state index in [0.29, 0.717) is 5.69 Å². The molecule has 1 aromatic heterocycles. The van der Waals surface area contributed by atoms with Crippen molar-refractivity contribution >= 4 is 17.4 Å². The van der Waals surface area contributed by atoms with E-state index in [9.17, 15) is 9.18 Å². The fourth-order valence-electron chi connectivity index (χ4n) is 3.02. The van der Waals surface area contributed by atoms with Crippen LogP contribution in [0, 0.1) is 5.82 Å². The molecule has 0 fully saturated rings. The Balaban J connectivity index is 1.45. The van der Waals surface area contributed by atoms with Gasteiger partial charge in [-0.15, -0.1) is 0 Å². The van der Waals surface area contributed by atoms with Gasteiger partial charge >= 0.3 is 0 Å². The summed E-state index contributed by atoms with van der Waals surface area (Å²) < 4.78 is 12.9. The van der Waals surface area contributed by atoms with Crippen LogP contribution >= 0.6 is 0 Å². The van der Waals surface area contributed by atoms with Gasteiger partial charge in [0, 0.05) is 18.8 Å². The minimum atomic E-state index is -0.375. The number of fused-ring (bicyclic) bond motifs is 1. The Bertz CT molecular complexity index is 925. The van der Waals surface area contributed by atoms with Crippen molar-refractivity contribution in [3.05, 3.63) is 83.6 Å². The second-order valence-electron chi connectivity index (χ2n) is 6.16. The summed E-state index contributed by atoms with van der Waals surface area (Å²) in [4.78, 5) is 23.0. The van der Waals surface area contributed by atoms with Gasteiger partial charge in [0.1, 0.15) is 17.3 Å². The average Bonchev–Trinajstić information content (AvgIpc) is 2.69. The maximum atomic E-state index is 12.9. The molecule has 0 radical (unpaired) electrons. The van der Waals surface area contributed by atoms with Gasteiger partial charge < -0.3 is 10.2 Å². The fraction of sp³-hybridized carbons (Fsp3) is 0.150. The van der Waals surface area contributed by atoms with Gasteiger partial charge in [0.05, 0.1) is 12.4 Å². The van der Waals surface area contributed by atoms with Crippen LogP contribution in [0.5, 0.6) is 0 Å². The van der Waals surface area contributed by atoms with E-state index in [1.165, 1.54) is 41.6 Å². The zero-order chi connectivity index (χ0) is 17.9. The first-order chi connectivity index (χ1) is 12.7. The van der Waals surface area contributed by atoms with Crippen molar-refractivity contribution in [3.8, 4) is 0 Å². The molecule has 0 bridgehead atoms. The van der Waals surface area contributed by atoms with E-state index < -0.39 is 0 Å². The summed E-state index contributed by atoms with van der Waals surface area (Å²) in [5.74, 6) is 0.0210. The lowest BCUT2D eigenvalue weighted by Gasteiger charge is -2.29. The first-order valence-corrected chi connectivity index (χ1v) is 8.40. The summed E-state index contributed by atoms with van der Waals surface area (Å²) in [5, 5.41) is 2.68. The third-order valence-corrected chi connectivity index (χ3v) is 4.43. The van der Waals surface area contributed by atoms with Crippen molar-refractivity contribution in [3.63, 3.8) is 0 Å². The third kappa shape index (κ3) is 3.39. The number of amides is 1. The van der Waals surface area contributed by atoms with Gasteiger partial charge in [-0.25, -0.2) is 14.4 Å². The average molecular weight is 348 g/mol. The minimum Gasteiger partial charge on any atom is -0.351 e. The Morgan fingerprint density at radius 1 is 1.00 bits per heavy atom. The number of hydrogen-bond donors (Lipinski definition) is 1. The topological polar surface area (TPSA) is 58.1 Å². The summed E-state index contributed by atoms with van der Waals surface area (Å²) in [6.45, 7) is 1.65. The second-order valence-corrected chi connectivity index (χ2v) is 6.16. The molecule has 5 nitrogen and oxygen atoms in total. The molecule has 0 spiro atoms. The molecule has 0 atom stereocenters. The van der Waals surface area contributed by atoms with Crippen molar-refractivity contribution in [2.75, 3.05) is 16.8 Å². The van der Waals surface area contributed by atoms with Crippen LogP contribution in [-0.2, 0) is 13.0 Å². The van der Waals surface area contributed by atoms with Crippen LogP contribution in [0.25, 0.3) is 0 Å². The Hall–Kier alpha value is -3.28.